The van der Waals surface area contributed by atoms with E-state index in [1.54, 1.807) is 30.3 Å². The Hall–Kier alpha value is -3.78. The molecule has 0 heterocycles. The van der Waals surface area contributed by atoms with E-state index in [-0.39, 0.29) is 28.4 Å². The first kappa shape index (κ1) is 32.1. The molecule has 226 valence electrons. The third-order valence-electron chi connectivity index (χ3n) is 5.99. The van der Waals surface area contributed by atoms with Crippen molar-refractivity contribution in [3.8, 4) is 0 Å². The summed E-state index contributed by atoms with van der Waals surface area (Å²) >= 11 is 11.6. The average molecular weight is 673 g/mol. The first-order valence-corrected chi connectivity index (χ1v) is 16.2. The number of sulfonamides is 2. The topological polar surface area (TPSA) is 113 Å². The summed E-state index contributed by atoms with van der Waals surface area (Å²) < 4.78 is 92.9. The van der Waals surface area contributed by atoms with Gasteiger partial charge in [0.2, 0.25) is 10.0 Å². The van der Waals surface area contributed by atoms with Crippen LogP contribution in [0.2, 0.25) is 10.0 Å². The molecule has 0 atom stereocenters. The summed E-state index contributed by atoms with van der Waals surface area (Å²) in [6.07, 6.45) is -3.70. The number of anilines is 3. The molecule has 0 unspecified atom stereocenters. The summed E-state index contributed by atoms with van der Waals surface area (Å²) in [5, 5.41) is 2.42. The Kier molecular flexibility index (Phi) is 9.30. The van der Waals surface area contributed by atoms with Gasteiger partial charge in [0.15, 0.2) is 0 Å². The molecule has 0 saturated carbocycles. The molecule has 0 aliphatic carbocycles. The Balaban J connectivity index is 1.43. The number of benzene rings is 4. The molecular weight excluding hydrogens is 650 g/mol. The lowest BCUT2D eigenvalue weighted by Crippen LogP contribution is -2.29. The molecule has 4 rings (SSSR count). The highest BCUT2D eigenvalue weighted by Crippen LogP contribution is 2.36. The predicted octanol–water partition coefficient (Wildman–Crippen LogP) is 7.03. The Morgan fingerprint density at radius 3 is 2.05 bits per heavy atom. The summed E-state index contributed by atoms with van der Waals surface area (Å²) in [5.41, 5.74) is -0.0233. The van der Waals surface area contributed by atoms with Gasteiger partial charge in [0.1, 0.15) is 0 Å². The lowest BCUT2D eigenvalue weighted by atomic mass is 10.1. The van der Waals surface area contributed by atoms with Crippen molar-refractivity contribution < 1.29 is 34.8 Å². The second-order valence-corrected chi connectivity index (χ2v) is 13.7. The fourth-order valence-electron chi connectivity index (χ4n) is 3.90. The fraction of sp³-hybridized carbons (Fsp3) is 0.107. The summed E-state index contributed by atoms with van der Waals surface area (Å²) in [7, 11) is -7.90. The third-order valence-corrected chi connectivity index (χ3v) is 9.09. The molecule has 0 aliphatic rings. The van der Waals surface area contributed by atoms with Gasteiger partial charge in [-0.15, -0.1) is 0 Å². The molecular formula is C28H22Cl2F3N3O5S2. The van der Waals surface area contributed by atoms with Crippen LogP contribution in [0.15, 0.2) is 95.9 Å². The van der Waals surface area contributed by atoms with Gasteiger partial charge in [-0.2, -0.15) is 13.2 Å². The number of carbonyl (C=O) groups excluding carboxylic acids is 1. The second-order valence-electron chi connectivity index (χ2n) is 9.22. The minimum Gasteiger partial charge on any atom is -0.322 e. The van der Waals surface area contributed by atoms with E-state index in [2.05, 4.69) is 10.0 Å². The maximum atomic E-state index is 13.1. The fourth-order valence-corrected chi connectivity index (χ4v) is 6.24. The Morgan fingerprint density at radius 2 is 1.47 bits per heavy atom. The number of hydrogen-bond acceptors (Lipinski definition) is 5. The van der Waals surface area contributed by atoms with Crippen molar-refractivity contribution in [2.45, 2.75) is 17.6 Å². The van der Waals surface area contributed by atoms with Gasteiger partial charge in [-0.25, -0.2) is 16.8 Å². The number of nitrogens with one attached hydrogen (secondary N) is 2. The standard InChI is InChI=1S/C28H22Cl2F3N3O5S2/c1-42(38,39)36(23-4-2-3-20(29)15-23)17-18-5-7-19(8-6-18)27(37)34-21-9-12-24(13-10-21)43(40,41)35-22-11-14-26(30)25(16-22)28(31,32)33/h2-16,35H,17H2,1H3,(H,34,37). The van der Waals surface area contributed by atoms with Gasteiger partial charge in [0, 0.05) is 22.0 Å². The molecule has 0 saturated heterocycles. The van der Waals surface area contributed by atoms with Gasteiger partial charge in [0.05, 0.1) is 34.0 Å². The molecule has 1 amide bonds. The van der Waals surface area contributed by atoms with Crippen LogP contribution in [0, 0.1) is 0 Å². The van der Waals surface area contributed by atoms with Crippen molar-refractivity contribution in [3.05, 3.63) is 118 Å². The normalized spacial score (nSPS) is 12.0. The second kappa shape index (κ2) is 12.4. The molecule has 0 radical (unpaired) electrons. The summed E-state index contributed by atoms with van der Waals surface area (Å²) in [5.74, 6) is -0.518. The van der Waals surface area contributed by atoms with E-state index in [1.807, 2.05) is 0 Å². The molecule has 0 aromatic heterocycles. The monoisotopic (exact) mass is 671 g/mol. The molecule has 0 bridgehead atoms. The van der Waals surface area contributed by atoms with Crippen molar-refractivity contribution in [2.75, 3.05) is 20.6 Å². The molecule has 0 spiro atoms. The molecule has 4 aromatic carbocycles. The molecule has 0 fully saturated rings. The van der Waals surface area contributed by atoms with Crippen molar-refractivity contribution in [1.82, 2.24) is 0 Å². The molecule has 0 aliphatic heterocycles. The van der Waals surface area contributed by atoms with E-state index in [1.165, 1.54) is 46.8 Å². The third kappa shape index (κ3) is 8.20. The Morgan fingerprint density at radius 1 is 0.837 bits per heavy atom. The van der Waals surface area contributed by atoms with Crippen LogP contribution in [0.3, 0.4) is 0 Å². The van der Waals surface area contributed by atoms with E-state index in [4.69, 9.17) is 23.2 Å². The SMILES string of the molecule is CS(=O)(=O)N(Cc1ccc(C(=O)Nc2ccc(S(=O)(=O)Nc3ccc(Cl)c(C(F)(F)F)c3)cc2)cc1)c1cccc(Cl)c1. The van der Waals surface area contributed by atoms with Crippen LogP contribution in [0.4, 0.5) is 30.2 Å². The highest BCUT2D eigenvalue weighted by Gasteiger charge is 2.33. The van der Waals surface area contributed by atoms with Gasteiger partial charge < -0.3 is 5.32 Å². The number of nitrogens with zero attached hydrogens (tertiary/aromatic N) is 1. The first-order valence-electron chi connectivity index (χ1n) is 12.2. The van der Waals surface area contributed by atoms with Crippen LogP contribution >= 0.6 is 23.2 Å². The minimum atomic E-state index is -4.77. The average Bonchev–Trinajstić information content (AvgIpc) is 2.92. The van der Waals surface area contributed by atoms with Crippen LogP contribution in [0.1, 0.15) is 21.5 Å². The highest BCUT2D eigenvalue weighted by atomic mass is 35.5. The van der Waals surface area contributed by atoms with Crippen molar-refractivity contribution in [1.29, 1.82) is 0 Å². The lowest BCUT2D eigenvalue weighted by Gasteiger charge is -2.22. The number of carbonyl (C=O) groups is 1. The summed E-state index contributed by atoms with van der Waals surface area (Å²) in [6.45, 7) is -0.00140. The summed E-state index contributed by atoms with van der Waals surface area (Å²) in [4.78, 5) is 12.5. The largest absolute Gasteiger partial charge is 0.417 e. The number of hydrogen-bond donors (Lipinski definition) is 2. The van der Waals surface area contributed by atoms with Gasteiger partial charge in [-0.3, -0.25) is 13.8 Å². The smallest absolute Gasteiger partial charge is 0.322 e. The van der Waals surface area contributed by atoms with Crippen LogP contribution in [0.25, 0.3) is 0 Å². The molecule has 15 heteroatoms. The molecule has 8 nitrogen and oxygen atoms in total. The number of amides is 1. The van der Waals surface area contributed by atoms with E-state index >= 15 is 0 Å². The van der Waals surface area contributed by atoms with E-state index in [0.29, 0.717) is 22.3 Å². The maximum Gasteiger partial charge on any atom is 0.417 e. The van der Waals surface area contributed by atoms with Crippen LogP contribution in [-0.4, -0.2) is 29.0 Å². The Bertz CT molecular complexity index is 1870. The van der Waals surface area contributed by atoms with Gasteiger partial charge in [-0.05, 0) is 78.4 Å². The van der Waals surface area contributed by atoms with Gasteiger partial charge in [0.25, 0.3) is 15.9 Å². The van der Waals surface area contributed by atoms with Crippen molar-refractivity contribution in [2.24, 2.45) is 0 Å². The van der Waals surface area contributed by atoms with E-state index < -0.39 is 42.7 Å². The minimum absolute atomic E-state index is 0.00140. The number of halogens is 5. The Labute approximate surface area is 256 Å². The van der Waals surface area contributed by atoms with Crippen LogP contribution in [0.5, 0.6) is 0 Å². The quantitative estimate of drug-likeness (QED) is 0.198. The lowest BCUT2D eigenvalue weighted by molar-refractivity contribution is -0.137. The highest BCUT2D eigenvalue weighted by molar-refractivity contribution is 7.92. The zero-order valence-corrected chi connectivity index (χ0v) is 25.2. The number of alkyl halides is 3. The van der Waals surface area contributed by atoms with Crippen LogP contribution in [-0.2, 0) is 32.8 Å². The van der Waals surface area contributed by atoms with E-state index in [9.17, 15) is 34.8 Å². The maximum absolute atomic E-state index is 13.1. The number of rotatable bonds is 9. The molecule has 2 N–H and O–H groups in total. The summed E-state index contributed by atoms with van der Waals surface area (Å²) in [6, 6.07) is 20.2. The zero-order valence-electron chi connectivity index (χ0n) is 22.1. The molecule has 4 aromatic rings. The van der Waals surface area contributed by atoms with Crippen molar-refractivity contribution >= 4 is 66.2 Å². The van der Waals surface area contributed by atoms with Crippen LogP contribution < -0.4 is 14.3 Å². The zero-order chi connectivity index (χ0) is 31.6. The van der Waals surface area contributed by atoms with Gasteiger partial charge in [-0.1, -0.05) is 41.4 Å². The van der Waals surface area contributed by atoms with Gasteiger partial charge >= 0.3 is 6.18 Å². The van der Waals surface area contributed by atoms with Crippen molar-refractivity contribution in [3.63, 3.8) is 0 Å². The first-order chi connectivity index (χ1) is 20.0. The predicted molar refractivity (Wildman–Crippen MR) is 161 cm³/mol. The van der Waals surface area contributed by atoms with E-state index in [0.717, 1.165) is 18.4 Å². The molecule has 43 heavy (non-hydrogen) atoms.